The predicted octanol–water partition coefficient (Wildman–Crippen LogP) is 4.19. The second-order valence-corrected chi connectivity index (χ2v) is 7.61. The first-order chi connectivity index (χ1) is 13.5. The van der Waals surface area contributed by atoms with Gasteiger partial charge in [-0.25, -0.2) is 4.79 Å². The fraction of sp³-hybridized carbons (Fsp3) is 0.364. The molecule has 0 saturated heterocycles. The van der Waals surface area contributed by atoms with Gasteiger partial charge >= 0.3 is 6.03 Å². The average molecular weight is 400 g/mol. The van der Waals surface area contributed by atoms with Crippen molar-refractivity contribution >= 4 is 23.5 Å². The molecule has 28 heavy (non-hydrogen) atoms. The quantitative estimate of drug-likeness (QED) is 0.705. The summed E-state index contributed by atoms with van der Waals surface area (Å²) in [6.07, 6.45) is 3.77. The maximum Gasteiger partial charge on any atom is 0.315 e. The Bertz CT molecular complexity index is 840. The van der Waals surface area contributed by atoms with E-state index in [-0.39, 0.29) is 24.0 Å². The minimum absolute atomic E-state index is 0.0769. The van der Waals surface area contributed by atoms with Gasteiger partial charge in [0.25, 0.3) is 5.91 Å². The summed E-state index contributed by atoms with van der Waals surface area (Å²) in [6.45, 7) is 2.28. The third kappa shape index (κ3) is 5.26. The summed E-state index contributed by atoms with van der Waals surface area (Å²) in [6, 6.07) is 14.5. The van der Waals surface area contributed by atoms with Gasteiger partial charge in [0.05, 0.1) is 6.04 Å². The lowest BCUT2D eigenvalue weighted by molar-refractivity contribution is 0.0915. The Morgan fingerprint density at radius 1 is 0.964 bits per heavy atom. The van der Waals surface area contributed by atoms with Gasteiger partial charge in [0, 0.05) is 23.2 Å². The largest absolute Gasteiger partial charge is 0.347 e. The number of carbonyl (C=O) groups excluding carboxylic acids is 2. The third-order valence-electron chi connectivity index (χ3n) is 5.19. The molecule has 3 rings (SSSR count). The zero-order valence-electron chi connectivity index (χ0n) is 16.0. The fourth-order valence-corrected chi connectivity index (χ4v) is 3.79. The predicted molar refractivity (Wildman–Crippen MR) is 112 cm³/mol. The van der Waals surface area contributed by atoms with E-state index >= 15 is 0 Å². The van der Waals surface area contributed by atoms with Crippen molar-refractivity contribution in [1.29, 1.82) is 0 Å². The molecule has 1 fully saturated rings. The molecule has 0 aliphatic heterocycles. The van der Waals surface area contributed by atoms with E-state index in [1.807, 2.05) is 49.4 Å². The van der Waals surface area contributed by atoms with Crippen LogP contribution >= 0.6 is 11.6 Å². The molecule has 6 heteroatoms. The molecule has 0 heterocycles. The normalized spacial score (nSPS) is 18.9. The Labute approximate surface area is 170 Å². The van der Waals surface area contributed by atoms with Gasteiger partial charge in [-0.1, -0.05) is 60.8 Å². The summed E-state index contributed by atoms with van der Waals surface area (Å²) < 4.78 is 0. The number of amides is 3. The van der Waals surface area contributed by atoms with Crippen molar-refractivity contribution in [2.24, 2.45) is 0 Å². The smallest absolute Gasteiger partial charge is 0.315 e. The van der Waals surface area contributed by atoms with Crippen LogP contribution in [0, 0.1) is 6.92 Å². The topological polar surface area (TPSA) is 70.2 Å². The van der Waals surface area contributed by atoms with Gasteiger partial charge < -0.3 is 16.0 Å². The highest BCUT2D eigenvalue weighted by atomic mass is 35.5. The summed E-state index contributed by atoms with van der Waals surface area (Å²) in [4.78, 5) is 25.0. The molecule has 0 aromatic heterocycles. The van der Waals surface area contributed by atoms with Crippen molar-refractivity contribution in [3.63, 3.8) is 0 Å². The van der Waals surface area contributed by atoms with Crippen LogP contribution < -0.4 is 16.0 Å². The highest BCUT2D eigenvalue weighted by Gasteiger charge is 2.28. The van der Waals surface area contributed by atoms with E-state index in [0.29, 0.717) is 17.1 Å². The first-order valence-corrected chi connectivity index (χ1v) is 10.1. The van der Waals surface area contributed by atoms with E-state index in [0.717, 1.165) is 36.8 Å². The molecule has 1 aliphatic rings. The molecule has 5 nitrogen and oxygen atoms in total. The van der Waals surface area contributed by atoms with E-state index in [9.17, 15) is 9.59 Å². The van der Waals surface area contributed by atoms with Crippen LogP contribution in [0.2, 0.25) is 5.02 Å². The summed E-state index contributed by atoms with van der Waals surface area (Å²) in [5.74, 6) is -0.0896. The molecule has 3 amide bonds. The molecular formula is C22H26ClN3O2. The number of aryl methyl sites for hydroxylation is 1. The lowest BCUT2D eigenvalue weighted by Crippen LogP contribution is -2.55. The Balaban J connectivity index is 1.57. The lowest BCUT2D eigenvalue weighted by atomic mass is 9.90. The van der Waals surface area contributed by atoms with Crippen LogP contribution in [0.4, 0.5) is 4.79 Å². The number of carbonyl (C=O) groups is 2. The summed E-state index contributed by atoms with van der Waals surface area (Å²) in [7, 11) is 0. The Hall–Kier alpha value is -2.53. The standard InChI is InChI=1S/C22H26ClN3O2/c1-15-8-2-4-10-17(15)21(27)25-19-12-6-7-13-20(19)26-22(28)24-14-16-9-3-5-11-18(16)23/h2-5,8-11,19-20H,6-7,12-14H2,1H3,(H,25,27)(H2,24,26,28). The molecule has 2 unspecified atom stereocenters. The van der Waals surface area contributed by atoms with Crippen molar-refractivity contribution < 1.29 is 9.59 Å². The zero-order valence-corrected chi connectivity index (χ0v) is 16.8. The Morgan fingerprint density at radius 3 is 2.32 bits per heavy atom. The number of nitrogens with one attached hydrogen (secondary N) is 3. The first kappa shape index (κ1) is 20.2. The molecule has 0 spiro atoms. The number of hydrogen-bond donors (Lipinski definition) is 3. The van der Waals surface area contributed by atoms with E-state index in [2.05, 4.69) is 16.0 Å². The molecular weight excluding hydrogens is 374 g/mol. The maximum absolute atomic E-state index is 12.7. The highest BCUT2D eigenvalue weighted by Crippen LogP contribution is 2.20. The number of benzene rings is 2. The van der Waals surface area contributed by atoms with Crippen molar-refractivity contribution in [2.75, 3.05) is 0 Å². The number of rotatable bonds is 5. The van der Waals surface area contributed by atoms with E-state index in [1.54, 1.807) is 6.07 Å². The number of halogens is 1. The van der Waals surface area contributed by atoms with Crippen molar-refractivity contribution in [1.82, 2.24) is 16.0 Å². The summed E-state index contributed by atoms with van der Waals surface area (Å²) in [5.41, 5.74) is 2.49. The monoisotopic (exact) mass is 399 g/mol. The van der Waals surface area contributed by atoms with Crippen LogP contribution in [0.25, 0.3) is 0 Å². The van der Waals surface area contributed by atoms with Crippen LogP contribution in [0.1, 0.15) is 47.2 Å². The molecule has 1 aliphatic carbocycles. The summed E-state index contributed by atoms with van der Waals surface area (Å²) in [5, 5.41) is 9.62. The van der Waals surface area contributed by atoms with Crippen molar-refractivity contribution in [3.8, 4) is 0 Å². The van der Waals surface area contributed by atoms with Gasteiger partial charge in [-0.2, -0.15) is 0 Å². The van der Waals surface area contributed by atoms with Crippen LogP contribution in [0.5, 0.6) is 0 Å². The molecule has 2 aromatic rings. The summed E-state index contributed by atoms with van der Waals surface area (Å²) >= 11 is 6.13. The van der Waals surface area contributed by atoms with E-state index < -0.39 is 0 Å². The lowest BCUT2D eigenvalue weighted by Gasteiger charge is -2.33. The second-order valence-electron chi connectivity index (χ2n) is 7.20. The molecule has 0 radical (unpaired) electrons. The molecule has 2 atom stereocenters. The van der Waals surface area contributed by atoms with Crippen LogP contribution in [0.3, 0.4) is 0 Å². The minimum Gasteiger partial charge on any atom is -0.347 e. The molecule has 0 bridgehead atoms. The third-order valence-corrected chi connectivity index (χ3v) is 5.55. The van der Waals surface area contributed by atoms with Gasteiger partial charge in [0.1, 0.15) is 0 Å². The molecule has 3 N–H and O–H groups in total. The van der Waals surface area contributed by atoms with Gasteiger partial charge in [0.15, 0.2) is 0 Å². The van der Waals surface area contributed by atoms with Crippen LogP contribution in [-0.2, 0) is 6.54 Å². The maximum atomic E-state index is 12.7. The van der Waals surface area contributed by atoms with Crippen molar-refractivity contribution in [2.45, 2.75) is 51.2 Å². The van der Waals surface area contributed by atoms with Gasteiger partial charge in [-0.15, -0.1) is 0 Å². The number of urea groups is 1. The zero-order chi connectivity index (χ0) is 19.9. The average Bonchev–Trinajstić information content (AvgIpc) is 2.69. The van der Waals surface area contributed by atoms with E-state index in [4.69, 9.17) is 11.6 Å². The van der Waals surface area contributed by atoms with Crippen LogP contribution in [-0.4, -0.2) is 24.0 Å². The Kier molecular flexibility index (Phi) is 6.93. The molecule has 148 valence electrons. The van der Waals surface area contributed by atoms with Gasteiger partial charge in [0.2, 0.25) is 0 Å². The second kappa shape index (κ2) is 9.60. The Morgan fingerprint density at radius 2 is 1.61 bits per heavy atom. The SMILES string of the molecule is Cc1ccccc1C(=O)NC1CCCCC1NC(=O)NCc1ccccc1Cl. The fourth-order valence-electron chi connectivity index (χ4n) is 3.59. The van der Waals surface area contributed by atoms with Crippen molar-refractivity contribution in [3.05, 3.63) is 70.2 Å². The first-order valence-electron chi connectivity index (χ1n) is 9.69. The van der Waals surface area contributed by atoms with E-state index in [1.165, 1.54) is 0 Å². The van der Waals surface area contributed by atoms with Gasteiger partial charge in [-0.05, 0) is 43.0 Å². The molecule has 1 saturated carbocycles. The highest BCUT2D eigenvalue weighted by molar-refractivity contribution is 6.31. The number of hydrogen-bond acceptors (Lipinski definition) is 2. The van der Waals surface area contributed by atoms with Crippen LogP contribution in [0.15, 0.2) is 48.5 Å². The van der Waals surface area contributed by atoms with Gasteiger partial charge in [-0.3, -0.25) is 4.79 Å². The molecule has 2 aromatic carbocycles. The minimum atomic E-state index is -0.248.